The van der Waals surface area contributed by atoms with Gasteiger partial charge in [0.15, 0.2) is 0 Å². The average Bonchev–Trinajstić information content (AvgIpc) is 2.96. The number of fused-ring (bicyclic) bond motifs is 1. The molecule has 78 valence electrons. The Balaban J connectivity index is 2.01. The topological polar surface area (TPSA) is 41.8 Å². The summed E-state index contributed by atoms with van der Waals surface area (Å²) in [5.74, 6) is 0. The molecule has 3 rings (SSSR count). The SMILES string of the molecule is C(=Cc1c[nH]c2ccccc12)c1ccon1. The predicted octanol–water partition coefficient (Wildman–Crippen LogP) is 3.33. The van der Waals surface area contributed by atoms with Gasteiger partial charge in [-0.15, -0.1) is 0 Å². The van der Waals surface area contributed by atoms with Crippen LogP contribution >= 0.6 is 0 Å². The molecule has 0 fully saturated rings. The van der Waals surface area contributed by atoms with Crippen molar-refractivity contribution in [3.63, 3.8) is 0 Å². The summed E-state index contributed by atoms with van der Waals surface area (Å²) < 4.78 is 4.76. The molecule has 16 heavy (non-hydrogen) atoms. The van der Waals surface area contributed by atoms with E-state index in [1.165, 1.54) is 5.39 Å². The van der Waals surface area contributed by atoms with Crippen LogP contribution < -0.4 is 0 Å². The molecule has 2 heterocycles. The normalized spacial score (nSPS) is 11.5. The van der Waals surface area contributed by atoms with Crippen molar-refractivity contribution in [3.05, 3.63) is 54.0 Å². The van der Waals surface area contributed by atoms with Crippen LogP contribution in [0.3, 0.4) is 0 Å². The summed E-state index contributed by atoms with van der Waals surface area (Å²) in [5.41, 5.74) is 3.12. The summed E-state index contributed by atoms with van der Waals surface area (Å²) >= 11 is 0. The van der Waals surface area contributed by atoms with Gasteiger partial charge in [0.05, 0.1) is 0 Å². The van der Waals surface area contributed by atoms with Crippen molar-refractivity contribution in [2.75, 3.05) is 0 Å². The highest BCUT2D eigenvalue weighted by molar-refractivity contribution is 5.91. The molecule has 0 aliphatic heterocycles. The first-order valence-corrected chi connectivity index (χ1v) is 5.08. The molecule has 0 atom stereocenters. The fourth-order valence-corrected chi connectivity index (χ4v) is 1.71. The Morgan fingerprint density at radius 2 is 2.06 bits per heavy atom. The summed E-state index contributed by atoms with van der Waals surface area (Å²) in [6.07, 6.45) is 7.51. The monoisotopic (exact) mass is 210 g/mol. The van der Waals surface area contributed by atoms with Crippen LogP contribution in [0.5, 0.6) is 0 Å². The molecule has 0 aliphatic rings. The van der Waals surface area contributed by atoms with Crippen molar-refractivity contribution in [1.29, 1.82) is 0 Å². The third-order valence-corrected chi connectivity index (χ3v) is 2.51. The molecule has 3 heteroatoms. The van der Waals surface area contributed by atoms with Crippen LogP contribution in [-0.4, -0.2) is 10.1 Å². The van der Waals surface area contributed by atoms with Gasteiger partial charge >= 0.3 is 0 Å². The van der Waals surface area contributed by atoms with Crippen LogP contribution in [0.25, 0.3) is 23.1 Å². The molecule has 1 N–H and O–H groups in total. The summed E-state index contributed by atoms with van der Waals surface area (Å²) in [5, 5.41) is 5.03. The highest BCUT2D eigenvalue weighted by atomic mass is 16.5. The van der Waals surface area contributed by atoms with Crippen LogP contribution in [0.4, 0.5) is 0 Å². The standard InChI is InChI=1S/C13H10N2O/c1-2-4-13-12(3-1)10(9-14-13)5-6-11-7-8-16-15-11/h1-9,14H. The molecule has 2 aromatic heterocycles. The number of nitrogens with zero attached hydrogens (tertiary/aromatic N) is 1. The van der Waals surface area contributed by atoms with E-state index in [2.05, 4.69) is 22.3 Å². The van der Waals surface area contributed by atoms with Gasteiger partial charge in [-0.25, -0.2) is 0 Å². The Morgan fingerprint density at radius 3 is 2.94 bits per heavy atom. The van der Waals surface area contributed by atoms with E-state index in [1.54, 1.807) is 6.26 Å². The number of hydrogen-bond acceptors (Lipinski definition) is 2. The smallest absolute Gasteiger partial charge is 0.124 e. The van der Waals surface area contributed by atoms with Crippen molar-refractivity contribution < 1.29 is 4.52 Å². The molecule has 0 saturated carbocycles. The number of H-pyrrole nitrogens is 1. The molecule has 0 spiro atoms. The Hall–Kier alpha value is -2.29. The second-order valence-electron chi connectivity index (χ2n) is 3.55. The van der Waals surface area contributed by atoms with Crippen LogP contribution in [0.1, 0.15) is 11.3 Å². The number of benzene rings is 1. The van der Waals surface area contributed by atoms with Gasteiger partial charge in [0.2, 0.25) is 0 Å². The number of aromatic nitrogens is 2. The maximum atomic E-state index is 4.76. The van der Waals surface area contributed by atoms with Gasteiger partial charge in [0, 0.05) is 23.2 Å². The highest BCUT2D eigenvalue weighted by Crippen LogP contribution is 2.19. The number of rotatable bonds is 2. The van der Waals surface area contributed by atoms with Gasteiger partial charge in [0.25, 0.3) is 0 Å². The summed E-state index contributed by atoms with van der Waals surface area (Å²) in [6.45, 7) is 0. The Kier molecular flexibility index (Phi) is 2.07. The second kappa shape index (κ2) is 3.70. The van der Waals surface area contributed by atoms with Crippen molar-refractivity contribution in [2.45, 2.75) is 0 Å². The Labute approximate surface area is 92.4 Å². The van der Waals surface area contributed by atoms with Crippen LogP contribution in [0.2, 0.25) is 0 Å². The van der Waals surface area contributed by atoms with E-state index in [-0.39, 0.29) is 0 Å². The Morgan fingerprint density at radius 1 is 1.12 bits per heavy atom. The molecule has 3 aromatic rings. The molecule has 0 amide bonds. The summed E-state index contributed by atoms with van der Waals surface area (Å²) in [4.78, 5) is 3.22. The lowest BCUT2D eigenvalue weighted by Crippen LogP contribution is -1.69. The van der Waals surface area contributed by atoms with E-state index in [4.69, 9.17) is 4.52 Å². The number of para-hydroxylation sites is 1. The fourth-order valence-electron chi connectivity index (χ4n) is 1.71. The minimum absolute atomic E-state index is 0.824. The number of hydrogen-bond donors (Lipinski definition) is 1. The average molecular weight is 210 g/mol. The molecular weight excluding hydrogens is 200 g/mol. The summed E-state index contributed by atoms with van der Waals surface area (Å²) in [7, 11) is 0. The molecule has 0 bridgehead atoms. The van der Waals surface area contributed by atoms with Crippen LogP contribution in [0.15, 0.2) is 47.3 Å². The molecular formula is C13H10N2O. The molecule has 0 radical (unpaired) electrons. The van der Waals surface area contributed by atoms with Gasteiger partial charge in [-0.1, -0.05) is 29.4 Å². The van der Waals surface area contributed by atoms with E-state index in [0.717, 1.165) is 16.8 Å². The number of nitrogens with one attached hydrogen (secondary N) is 1. The van der Waals surface area contributed by atoms with Gasteiger partial charge in [-0.3, -0.25) is 0 Å². The van der Waals surface area contributed by atoms with E-state index in [9.17, 15) is 0 Å². The van der Waals surface area contributed by atoms with Crippen molar-refractivity contribution in [3.8, 4) is 0 Å². The van der Waals surface area contributed by atoms with Gasteiger partial charge in [-0.05, 0) is 17.7 Å². The molecule has 3 nitrogen and oxygen atoms in total. The minimum atomic E-state index is 0.824. The molecule has 1 aromatic carbocycles. The van der Waals surface area contributed by atoms with Crippen LogP contribution in [0, 0.1) is 0 Å². The quantitative estimate of drug-likeness (QED) is 0.704. The van der Waals surface area contributed by atoms with E-state index >= 15 is 0 Å². The maximum absolute atomic E-state index is 4.76. The zero-order valence-electron chi connectivity index (χ0n) is 8.55. The van der Waals surface area contributed by atoms with Crippen molar-refractivity contribution in [1.82, 2.24) is 10.1 Å². The van der Waals surface area contributed by atoms with Crippen LogP contribution in [-0.2, 0) is 0 Å². The zero-order chi connectivity index (χ0) is 10.8. The van der Waals surface area contributed by atoms with E-state index < -0.39 is 0 Å². The third kappa shape index (κ3) is 1.52. The van der Waals surface area contributed by atoms with Gasteiger partial charge < -0.3 is 9.51 Å². The molecule has 0 unspecified atom stereocenters. The van der Waals surface area contributed by atoms with E-state index in [1.807, 2.05) is 36.5 Å². The largest absolute Gasteiger partial charge is 0.364 e. The lowest BCUT2D eigenvalue weighted by atomic mass is 10.1. The summed E-state index contributed by atoms with van der Waals surface area (Å²) in [6, 6.07) is 10.0. The van der Waals surface area contributed by atoms with Crippen molar-refractivity contribution in [2.24, 2.45) is 0 Å². The molecule has 0 saturated heterocycles. The predicted molar refractivity (Wildman–Crippen MR) is 63.7 cm³/mol. The lowest BCUT2D eigenvalue weighted by Gasteiger charge is -1.89. The zero-order valence-corrected chi connectivity index (χ0v) is 8.55. The first-order valence-electron chi connectivity index (χ1n) is 5.08. The Bertz CT molecular complexity index is 620. The van der Waals surface area contributed by atoms with Gasteiger partial charge in [0.1, 0.15) is 12.0 Å². The first kappa shape index (κ1) is 8.97. The minimum Gasteiger partial charge on any atom is -0.364 e. The fraction of sp³-hybridized carbons (Fsp3) is 0. The lowest BCUT2D eigenvalue weighted by molar-refractivity contribution is 0.418. The molecule has 0 aliphatic carbocycles. The highest BCUT2D eigenvalue weighted by Gasteiger charge is 1.98. The second-order valence-corrected chi connectivity index (χ2v) is 3.55. The van der Waals surface area contributed by atoms with E-state index in [0.29, 0.717) is 0 Å². The van der Waals surface area contributed by atoms with Crippen molar-refractivity contribution >= 4 is 23.1 Å². The van der Waals surface area contributed by atoms with Gasteiger partial charge in [-0.2, -0.15) is 0 Å². The maximum Gasteiger partial charge on any atom is 0.124 e. The number of aromatic amines is 1. The first-order chi connectivity index (χ1) is 7.93. The third-order valence-electron chi connectivity index (χ3n) is 2.51.